The molecule has 2 N–H and O–H groups in total. The minimum atomic E-state index is 0.162. The van der Waals surface area contributed by atoms with E-state index in [4.69, 9.17) is 4.74 Å². The highest BCUT2D eigenvalue weighted by Gasteiger charge is 2.23. The van der Waals surface area contributed by atoms with Gasteiger partial charge in [-0.3, -0.25) is 4.99 Å². The molecule has 0 bridgehead atoms. The summed E-state index contributed by atoms with van der Waals surface area (Å²) in [6.07, 6.45) is 0. The average molecular weight is 343 g/mol. The second-order valence-corrected chi connectivity index (χ2v) is 8.19. The predicted molar refractivity (Wildman–Crippen MR) is 104 cm³/mol. The molecular weight excluding hydrogens is 314 g/mol. The molecule has 25 heavy (non-hydrogen) atoms. The quantitative estimate of drug-likeness (QED) is 0.874. The highest BCUT2D eigenvalue weighted by atomic mass is 16.5. The lowest BCUT2D eigenvalue weighted by Crippen LogP contribution is -2.19. The van der Waals surface area contributed by atoms with E-state index in [1.807, 2.05) is 4.57 Å². The van der Waals surface area contributed by atoms with Gasteiger partial charge in [0.15, 0.2) is 0 Å². The Morgan fingerprint density at radius 3 is 2.68 bits per heavy atom. The minimum absolute atomic E-state index is 0.162. The van der Waals surface area contributed by atoms with Crippen LogP contribution in [0, 0.1) is 5.41 Å². The van der Waals surface area contributed by atoms with Crippen LogP contribution in [0.5, 0.6) is 5.88 Å². The predicted octanol–water partition coefficient (Wildman–Crippen LogP) is 4.21. The van der Waals surface area contributed by atoms with Gasteiger partial charge in [-0.25, -0.2) is 0 Å². The van der Waals surface area contributed by atoms with Crippen LogP contribution in [-0.2, 0) is 4.74 Å². The van der Waals surface area contributed by atoms with Gasteiger partial charge in [0.25, 0.3) is 0 Å². The summed E-state index contributed by atoms with van der Waals surface area (Å²) in [6.45, 7) is 13.4. The van der Waals surface area contributed by atoms with Gasteiger partial charge in [-0.15, -0.1) is 0 Å². The summed E-state index contributed by atoms with van der Waals surface area (Å²) in [5, 5.41) is 15.4. The molecule has 5 heteroatoms. The van der Waals surface area contributed by atoms with E-state index in [0.717, 1.165) is 34.4 Å². The first-order valence-corrected chi connectivity index (χ1v) is 9.00. The molecule has 0 saturated carbocycles. The Bertz CT molecular complexity index is 797. The van der Waals surface area contributed by atoms with Gasteiger partial charge in [-0.1, -0.05) is 20.8 Å². The lowest BCUT2D eigenvalue weighted by atomic mass is 9.97. The molecule has 0 spiro atoms. The highest BCUT2D eigenvalue weighted by Crippen LogP contribution is 2.36. The molecule has 2 aromatic rings. The summed E-state index contributed by atoms with van der Waals surface area (Å²) in [4.78, 5) is 4.60. The molecule has 0 unspecified atom stereocenters. The van der Waals surface area contributed by atoms with Gasteiger partial charge in [-0.05, 0) is 37.5 Å². The fraction of sp³-hybridized carbons (Fsp3) is 0.550. The summed E-state index contributed by atoms with van der Waals surface area (Å²) >= 11 is 0. The third-order valence-electron chi connectivity index (χ3n) is 4.38. The Hall–Kier alpha value is -2.01. The van der Waals surface area contributed by atoms with Crippen molar-refractivity contribution in [1.29, 1.82) is 0 Å². The van der Waals surface area contributed by atoms with E-state index in [2.05, 4.69) is 63.1 Å². The molecule has 1 aliphatic heterocycles. The fourth-order valence-corrected chi connectivity index (χ4v) is 3.20. The Labute approximate surface area is 149 Å². The zero-order valence-electron chi connectivity index (χ0n) is 15.9. The largest absolute Gasteiger partial charge is 0.494 e. The van der Waals surface area contributed by atoms with E-state index in [1.54, 1.807) is 0 Å². The maximum atomic E-state index is 10.9. The number of anilines is 1. The number of benzene rings is 1. The number of fused-ring (bicyclic) bond motifs is 1. The number of ether oxygens (including phenoxy) is 1. The van der Waals surface area contributed by atoms with E-state index < -0.39 is 0 Å². The lowest BCUT2D eigenvalue weighted by molar-refractivity contribution is 0.171. The van der Waals surface area contributed by atoms with Crippen LogP contribution < -0.4 is 5.32 Å². The van der Waals surface area contributed by atoms with Gasteiger partial charge in [0, 0.05) is 23.7 Å². The zero-order valence-corrected chi connectivity index (χ0v) is 15.9. The standard InChI is InChI=1S/C20H29N3O2/c1-13(2)23-17-7-6-14(22-12-20(3,4)5)10-15(17)18(19(23)24)16-11-25-9-8-21-16/h6-7,10,13,22,24H,8-9,11-12H2,1-5H3. The molecule has 2 heterocycles. The van der Waals surface area contributed by atoms with Crippen molar-refractivity contribution in [3.05, 3.63) is 23.8 Å². The minimum Gasteiger partial charge on any atom is -0.494 e. The van der Waals surface area contributed by atoms with Crippen molar-refractivity contribution in [3.63, 3.8) is 0 Å². The summed E-state index contributed by atoms with van der Waals surface area (Å²) in [5.41, 5.74) is 3.92. The van der Waals surface area contributed by atoms with Crippen LogP contribution in [0.3, 0.4) is 0 Å². The van der Waals surface area contributed by atoms with Crippen LogP contribution in [0.4, 0.5) is 5.69 Å². The summed E-state index contributed by atoms with van der Waals surface area (Å²) in [7, 11) is 0. The Balaban J connectivity index is 2.11. The Morgan fingerprint density at radius 2 is 2.08 bits per heavy atom. The topological polar surface area (TPSA) is 58.8 Å². The van der Waals surface area contributed by atoms with E-state index in [-0.39, 0.29) is 17.3 Å². The SMILES string of the molecule is CC(C)n1c(O)c(C2=NCCOC2)c2cc(NCC(C)(C)C)ccc21. The van der Waals surface area contributed by atoms with Crippen LogP contribution in [0.15, 0.2) is 23.2 Å². The molecule has 1 aromatic carbocycles. The number of rotatable bonds is 4. The second-order valence-electron chi connectivity index (χ2n) is 8.19. The zero-order chi connectivity index (χ0) is 18.2. The molecular formula is C20H29N3O2. The van der Waals surface area contributed by atoms with E-state index in [1.165, 1.54) is 0 Å². The highest BCUT2D eigenvalue weighted by molar-refractivity contribution is 6.14. The van der Waals surface area contributed by atoms with Crippen LogP contribution >= 0.6 is 0 Å². The normalized spacial score (nSPS) is 15.7. The Morgan fingerprint density at radius 1 is 1.32 bits per heavy atom. The molecule has 0 saturated heterocycles. The van der Waals surface area contributed by atoms with Crippen molar-refractivity contribution >= 4 is 22.3 Å². The van der Waals surface area contributed by atoms with Crippen LogP contribution in [0.2, 0.25) is 0 Å². The monoisotopic (exact) mass is 343 g/mol. The van der Waals surface area contributed by atoms with Crippen molar-refractivity contribution in [3.8, 4) is 5.88 Å². The van der Waals surface area contributed by atoms with Gasteiger partial charge in [0.05, 0.1) is 36.6 Å². The molecule has 0 radical (unpaired) electrons. The summed E-state index contributed by atoms with van der Waals surface area (Å²) in [6, 6.07) is 6.43. The van der Waals surface area contributed by atoms with Crippen molar-refractivity contribution in [2.45, 2.75) is 40.7 Å². The van der Waals surface area contributed by atoms with E-state index >= 15 is 0 Å². The first-order chi connectivity index (χ1) is 11.8. The van der Waals surface area contributed by atoms with Crippen molar-refractivity contribution < 1.29 is 9.84 Å². The Kier molecular flexibility index (Phi) is 4.78. The van der Waals surface area contributed by atoms with E-state index in [9.17, 15) is 5.11 Å². The van der Waals surface area contributed by atoms with Gasteiger partial charge in [-0.2, -0.15) is 0 Å². The molecule has 1 aliphatic rings. The molecule has 1 aromatic heterocycles. The van der Waals surface area contributed by atoms with Crippen LogP contribution in [-0.4, -0.2) is 41.7 Å². The van der Waals surface area contributed by atoms with Crippen LogP contribution in [0.25, 0.3) is 10.9 Å². The van der Waals surface area contributed by atoms with Crippen LogP contribution in [0.1, 0.15) is 46.2 Å². The molecule has 0 fully saturated rings. The van der Waals surface area contributed by atoms with Gasteiger partial charge >= 0.3 is 0 Å². The smallest absolute Gasteiger partial charge is 0.201 e. The maximum absolute atomic E-state index is 10.9. The van der Waals surface area contributed by atoms with Crippen molar-refractivity contribution in [2.24, 2.45) is 10.4 Å². The number of hydrogen-bond donors (Lipinski definition) is 2. The summed E-state index contributed by atoms with van der Waals surface area (Å²) < 4.78 is 7.53. The average Bonchev–Trinajstić information content (AvgIpc) is 2.84. The van der Waals surface area contributed by atoms with Crippen molar-refractivity contribution in [1.82, 2.24) is 4.57 Å². The third-order valence-corrected chi connectivity index (χ3v) is 4.38. The first kappa shape index (κ1) is 17.8. The third kappa shape index (κ3) is 3.66. The number of aromatic nitrogens is 1. The van der Waals surface area contributed by atoms with Gasteiger partial charge in [0.2, 0.25) is 5.88 Å². The molecule has 0 amide bonds. The number of aromatic hydroxyl groups is 1. The molecule has 136 valence electrons. The number of nitrogens with zero attached hydrogens (tertiary/aromatic N) is 2. The molecule has 0 atom stereocenters. The maximum Gasteiger partial charge on any atom is 0.201 e. The fourth-order valence-electron chi connectivity index (χ4n) is 3.20. The number of nitrogens with one attached hydrogen (secondary N) is 1. The molecule has 5 nitrogen and oxygen atoms in total. The summed E-state index contributed by atoms with van der Waals surface area (Å²) in [5.74, 6) is 0.280. The van der Waals surface area contributed by atoms with Gasteiger partial charge < -0.3 is 19.7 Å². The number of aliphatic imine (C=N–C) groups is 1. The second kappa shape index (κ2) is 6.71. The van der Waals surface area contributed by atoms with Gasteiger partial charge in [0.1, 0.15) is 0 Å². The first-order valence-electron chi connectivity index (χ1n) is 9.00. The van der Waals surface area contributed by atoms with Crippen molar-refractivity contribution in [2.75, 3.05) is 31.6 Å². The molecule has 0 aliphatic carbocycles. The lowest BCUT2D eigenvalue weighted by Gasteiger charge is -2.20. The van der Waals surface area contributed by atoms with E-state index in [0.29, 0.717) is 19.8 Å². The number of hydrogen-bond acceptors (Lipinski definition) is 4. The molecule has 3 rings (SSSR count).